The number of ketones is 1. The van der Waals surface area contributed by atoms with Crippen molar-refractivity contribution < 1.29 is 91.6 Å². The zero-order chi connectivity index (χ0) is 54.7. The fraction of sp³-hybridized carbons (Fsp3) is 0.893. The number of ether oxygens (including phenoxy) is 13. The molecule has 19 heteroatoms. The number of hydrogen-bond acceptors (Lipinski definition) is 19. The van der Waals surface area contributed by atoms with Gasteiger partial charge in [-0.3, -0.25) is 4.79 Å². The van der Waals surface area contributed by atoms with E-state index < -0.39 is 144 Å². The molecule has 0 aromatic heterocycles. The van der Waals surface area contributed by atoms with Crippen molar-refractivity contribution >= 4 is 11.8 Å². The third-order valence-electron chi connectivity index (χ3n) is 19.6. The Balaban J connectivity index is 0.877. The Bertz CT molecular complexity index is 2070. The second kappa shape index (κ2) is 22.8. The first-order valence-corrected chi connectivity index (χ1v) is 27.6. The standard InChI is InChI=1S/C56H90O19/c1-28(2)29(3)21-43(58)72-42-27-41-52(9)17-16-36(22-35(52)15-18-55(41,61)56(62)20-19-54(60,34(8)57)53(42,56)10)71-44-24-38(64-12)49(31(5)68-44)74-46-26-40(66-14)51(33(7)70-46)75-47-25-39(65-13)50(32(6)69-47)73-45-23-37(63-11)48(59)30(4)67-45/h15,21,28,30-33,36-42,44-51,59-62H,16-20,22-27H2,1-14H3/b29-21+/t30-,31+,32+,33-,36+,37+,38-,39+,40+,41-,42-,44+,45+,46+,47+,48-,49+,50-,51-,52+,53-,54-,55+,56+/m1/s1. The maximum Gasteiger partial charge on any atom is 0.330 e. The van der Waals surface area contributed by atoms with E-state index in [0.29, 0.717) is 44.9 Å². The van der Waals surface area contributed by atoms with Crippen molar-refractivity contribution in [1.82, 2.24) is 0 Å². The van der Waals surface area contributed by atoms with Gasteiger partial charge in [-0.2, -0.15) is 0 Å². The zero-order valence-corrected chi connectivity index (χ0v) is 46.9. The number of aliphatic hydroxyl groups is 4. The minimum absolute atomic E-state index is 0.0344. The molecule has 428 valence electrons. The lowest BCUT2D eigenvalue weighted by atomic mass is 9.42. The maximum atomic E-state index is 13.6. The van der Waals surface area contributed by atoms with Gasteiger partial charge in [0, 0.05) is 66.1 Å². The summed E-state index contributed by atoms with van der Waals surface area (Å²) in [6.07, 6.45) is -2.49. The van der Waals surface area contributed by atoms with Gasteiger partial charge in [-0.15, -0.1) is 0 Å². The fourth-order valence-electron chi connectivity index (χ4n) is 14.6. The van der Waals surface area contributed by atoms with E-state index >= 15 is 0 Å². The average Bonchev–Trinajstić information content (AvgIpc) is 3.59. The van der Waals surface area contributed by atoms with Crippen molar-refractivity contribution in [3.05, 3.63) is 23.3 Å². The molecule has 0 radical (unpaired) electrons. The number of methoxy groups -OCH3 is 4. The largest absolute Gasteiger partial charge is 0.458 e. The predicted molar refractivity (Wildman–Crippen MR) is 269 cm³/mol. The molecule has 4 N–H and O–H groups in total. The molecule has 0 bridgehead atoms. The second-order valence-electron chi connectivity index (χ2n) is 23.9. The molecule has 24 atom stereocenters. The van der Waals surface area contributed by atoms with Crippen molar-refractivity contribution in [2.45, 2.75) is 267 Å². The summed E-state index contributed by atoms with van der Waals surface area (Å²) in [6.45, 7) is 18.4. The summed E-state index contributed by atoms with van der Waals surface area (Å²) in [5.74, 6) is -1.61. The average molecular weight is 1070 g/mol. The summed E-state index contributed by atoms with van der Waals surface area (Å²) in [6, 6.07) is 0. The molecule has 4 aliphatic heterocycles. The molecule has 0 aromatic carbocycles. The van der Waals surface area contributed by atoms with Crippen molar-refractivity contribution in [2.24, 2.45) is 22.7 Å². The SMILES string of the molecule is CO[C@H]1C[C@H](O[C@@H]2[C@H](C)O[C@@H](O[C@H]3[C@@H](OC)C[C@H](O[C@H]4[C@H](C)O[C@@H](O[C@H]5CC[C@@]6(C)C(=CC[C@]7(O)[C@@H]6C[C@@H](OC(=O)/C=C(\C)C(C)C)[C@@]6(C)[C@@]7(O)CC[C@@]6(O)C(C)=O)C5)C[C@H]4OC)O[C@@H]3C)C[C@@H]2OC)O[C@H](C)[C@H]1O. The van der Waals surface area contributed by atoms with Gasteiger partial charge < -0.3 is 82.0 Å². The third kappa shape index (κ3) is 10.6. The molecule has 3 saturated carbocycles. The molecule has 4 saturated heterocycles. The summed E-state index contributed by atoms with van der Waals surface area (Å²) >= 11 is 0. The Morgan fingerprint density at radius 2 is 1.13 bits per heavy atom. The van der Waals surface area contributed by atoms with Crippen molar-refractivity contribution in [2.75, 3.05) is 28.4 Å². The monoisotopic (exact) mass is 1070 g/mol. The molecule has 0 aromatic rings. The molecule has 0 spiro atoms. The van der Waals surface area contributed by atoms with Crippen LogP contribution in [0.5, 0.6) is 0 Å². The summed E-state index contributed by atoms with van der Waals surface area (Å²) in [4.78, 5) is 26.9. The Labute approximate surface area is 443 Å². The number of fused-ring (bicyclic) bond motifs is 5. The van der Waals surface area contributed by atoms with E-state index in [0.717, 1.165) is 11.1 Å². The molecular weight excluding hydrogens is 977 g/mol. The van der Waals surface area contributed by atoms with Crippen LogP contribution in [-0.4, -0.2) is 188 Å². The number of esters is 1. The van der Waals surface area contributed by atoms with Crippen LogP contribution in [0.25, 0.3) is 0 Å². The minimum atomic E-state index is -2.02. The van der Waals surface area contributed by atoms with Gasteiger partial charge in [0.05, 0.1) is 60.4 Å². The summed E-state index contributed by atoms with van der Waals surface area (Å²) in [5, 5.41) is 48.5. The Morgan fingerprint density at radius 1 is 0.667 bits per heavy atom. The summed E-state index contributed by atoms with van der Waals surface area (Å²) < 4.78 is 81.6. The lowest BCUT2D eigenvalue weighted by molar-refractivity contribution is -0.347. The normalized spacial score (nSPS) is 49.3. The number of rotatable bonds is 16. The van der Waals surface area contributed by atoms with E-state index in [4.69, 9.17) is 61.6 Å². The molecule has 4 aliphatic carbocycles. The van der Waals surface area contributed by atoms with E-state index in [1.54, 1.807) is 42.3 Å². The van der Waals surface area contributed by atoms with Gasteiger partial charge >= 0.3 is 5.97 Å². The van der Waals surface area contributed by atoms with E-state index in [2.05, 4.69) is 6.92 Å². The van der Waals surface area contributed by atoms with Gasteiger partial charge in [-0.05, 0) is 105 Å². The number of carbonyl (C=O) groups is 2. The lowest BCUT2D eigenvalue weighted by Crippen LogP contribution is -2.78. The number of Topliss-reactive ketones (excluding diaryl/α,β-unsaturated/α-hetero) is 1. The summed E-state index contributed by atoms with van der Waals surface area (Å²) in [7, 11) is 6.49. The van der Waals surface area contributed by atoms with Crippen LogP contribution in [0.15, 0.2) is 23.3 Å². The topological polar surface area (TPSA) is 235 Å². The second-order valence-corrected chi connectivity index (χ2v) is 23.9. The number of aliphatic hydroxyl groups excluding tert-OH is 1. The first-order chi connectivity index (χ1) is 35.3. The highest BCUT2D eigenvalue weighted by Crippen LogP contribution is 2.71. The first kappa shape index (κ1) is 59.1. The van der Waals surface area contributed by atoms with Crippen LogP contribution in [0.2, 0.25) is 0 Å². The Kier molecular flexibility index (Phi) is 18.0. The van der Waals surface area contributed by atoms with Crippen molar-refractivity contribution in [3.63, 3.8) is 0 Å². The zero-order valence-electron chi connectivity index (χ0n) is 46.9. The Morgan fingerprint density at radius 3 is 1.60 bits per heavy atom. The van der Waals surface area contributed by atoms with E-state index in [1.165, 1.54) is 13.0 Å². The van der Waals surface area contributed by atoms with Gasteiger partial charge in [0.2, 0.25) is 0 Å². The van der Waals surface area contributed by atoms with Crippen LogP contribution in [0.3, 0.4) is 0 Å². The molecule has 0 unspecified atom stereocenters. The van der Waals surface area contributed by atoms with Gasteiger partial charge in [0.1, 0.15) is 47.3 Å². The smallest absolute Gasteiger partial charge is 0.330 e. The molecule has 7 fully saturated rings. The highest BCUT2D eigenvalue weighted by Gasteiger charge is 2.81. The third-order valence-corrected chi connectivity index (χ3v) is 19.6. The quantitative estimate of drug-likeness (QED) is 0.0892. The van der Waals surface area contributed by atoms with Gasteiger partial charge in [0.25, 0.3) is 0 Å². The van der Waals surface area contributed by atoms with Crippen LogP contribution in [0, 0.1) is 22.7 Å². The van der Waals surface area contributed by atoms with Crippen molar-refractivity contribution in [3.8, 4) is 0 Å². The van der Waals surface area contributed by atoms with E-state index in [9.17, 15) is 30.0 Å². The van der Waals surface area contributed by atoms with Crippen LogP contribution in [0.1, 0.15) is 140 Å². The number of hydrogen-bond donors (Lipinski definition) is 4. The molecular formula is C56H90O19. The number of allylic oxidation sites excluding steroid dienone is 1. The van der Waals surface area contributed by atoms with E-state index in [1.807, 2.05) is 47.6 Å². The molecule has 0 amide bonds. The highest BCUT2D eigenvalue weighted by molar-refractivity contribution is 5.87. The minimum Gasteiger partial charge on any atom is -0.458 e. The van der Waals surface area contributed by atoms with Gasteiger partial charge in [0.15, 0.2) is 30.9 Å². The first-order valence-electron chi connectivity index (χ1n) is 27.6. The molecule has 19 nitrogen and oxygen atoms in total. The van der Waals surface area contributed by atoms with Gasteiger partial charge in [-0.25, -0.2) is 4.79 Å². The van der Waals surface area contributed by atoms with Gasteiger partial charge in [-0.1, -0.05) is 38.0 Å². The lowest BCUT2D eigenvalue weighted by Gasteiger charge is -2.67. The number of carbonyl (C=O) groups excluding carboxylic acids is 2. The summed E-state index contributed by atoms with van der Waals surface area (Å²) in [5.41, 5.74) is -6.10. The van der Waals surface area contributed by atoms with E-state index in [-0.39, 0.29) is 43.8 Å². The molecule has 75 heavy (non-hydrogen) atoms. The van der Waals surface area contributed by atoms with Crippen LogP contribution in [-0.2, 0) is 71.2 Å². The molecule has 8 aliphatic rings. The van der Waals surface area contributed by atoms with Crippen molar-refractivity contribution in [1.29, 1.82) is 0 Å². The molecule has 4 heterocycles. The fourth-order valence-corrected chi connectivity index (χ4v) is 14.6. The Hall–Kier alpha value is -2.02. The molecule has 8 rings (SSSR count). The van der Waals surface area contributed by atoms with Crippen LogP contribution < -0.4 is 0 Å². The van der Waals surface area contributed by atoms with Crippen LogP contribution >= 0.6 is 0 Å². The maximum absolute atomic E-state index is 13.6. The predicted octanol–water partition coefficient (Wildman–Crippen LogP) is 5.12. The van der Waals surface area contributed by atoms with Crippen LogP contribution in [0.4, 0.5) is 0 Å². The highest BCUT2D eigenvalue weighted by atomic mass is 16.8.